The highest BCUT2D eigenvalue weighted by Crippen LogP contribution is 2.41. The van der Waals surface area contributed by atoms with Gasteiger partial charge in [0, 0.05) is 35.7 Å². The molecular formula is C28H33N3O4. The molecule has 2 atom stereocenters. The van der Waals surface area contributed by atoms with E-state index in [9.17, 15) is 4.79 Å². The number of carbonyl (C=O) groups is 1. The van der Waals surface area contributed by atoms with E-state index in [1.54, 1.807) is 0 Å². The number of nitrogens with one attached hydrogen (secondary N) is 1. The van der Waals surface area contributed by atoms with Crippen LogP contribution < -0.4 is 15.8 Å². The lowest BCUT2D eigenvalue weighted by Crippen LogP contribution is -2.21. The lowest BCUT2D eigenvalue weighted by Gasteiger charge is -2.15. The molecular weight excluding hydrogens is 442 g/mol. The molecule has 1 amide bonds. The van der Waals surface area contributed by atoms with Crippen molar-refractivity contribution in [3.63, 3.8) is 0 Å². The Hall–Kier alpha value is -3.19. The first-order valence-electron chi connectivity index (χ1n) is 12.8. The molecule has 1 aliphatic heterocycles. The molecule has 6 rings (SSSR count). The van der Waals surface area contributed by atoms with Gasteiger partial charge >= 0.3 is 6.09 Å². The average molecular weight is 476 g/mol. The summed E-state index contributed by atoms with van der Waals surface area (Å²) in [5.74, 6) is 2.05. The minimum Gasteiger partial charge on any atom is -0.488 e. The van der Waals surface area contributed by atoms with E-state index < -0.39 is 6.09 Å². The van der Waals surface area contributed by atoms with Crippen LogP contribution in [0.4, 0.5) is 16.2 Å². The minimum atomic E-state index is -0.403. The number of hydrogen-bond donors (Lipinski definition) is 2. The molecule has 0 radical (unpaired) electrons. The Morgan fingerprint density at radius 1 is 1.14 bits per heavy atom. The molecule has 0 bridgehead atoms. The fourth-order valence-corrected chi connectivity index (χ4v) is 4.98. The van der Waals surface area contributed by atoms with Gasteiger partial charge < -0.3 is 24.5 Å². The number of fused-ring (bicyclic) bond motifs is 1. The molecule has 2 aliphatic carbocycles. The van der Waals surface area contributed by atoms with Crippen molar-refractivity contribution in [2.45, 2.75) is 57.8 Å². The summed E-state index contributed by atoms with van der Waals surface area (Å²) in [6.07, 6.45) is 5.36. The molecule has 3 aliphatic rings. The van der Waals surface area contributed by atoms with Gasteiger partial charge in [-0.05, 0) is 68.7 Å². The number of nitrogens with two attached hydrogens (primary N) is 1. The van der Waals surface area contributed by atoms with Crippen molar-refractivity contribution in [2.24, 2.45) is 11.8 Å². The van der Waals surface area contributed by atoms with E-state index in [0.29, 0.717) is 24.1 Å². The van der Waals surface area contributed by atoms with Gasteiger partial charge in [0.2, 0.25) is 0 Å². The van der Waals surface area contributed by atoms with Crippen LogP contribution in [0.5, 0.6) is 5.75 Å². The predicted molar refractivity (Wildman–Crippen MR) is 137 cm³/mol. The van der Waals surface area contributed by atoms with E-state index in [1.807, 2.05) is 37.3 Å². The maximum Gasteiger partial charge on any atom is 0.411 e. The minimum absolute atomic E-state index is 0.0396. The second-order valence-electron chi connectivity index (χ2n) is 10.2. The van der Waals surface area contributed by atoms with E-state index >= 15 is 0 Å². The van der Waals surface area contributed by atoms with Crippen LogP contribution in [0.3, 0.4) is 0 Å². The van der Waals surface area contributed by atoms with Crippen molar-refractivity contribution in [1.29, 1.82) is 0 Å². The third-order valence-corrected chi connectivity index (χ3v) is 7.39. The Morgan fingerprint density at radius 2 is 1.94 bits per heavy atom. The lowest BCUT2D eigenvalue weighted by molar-refractivity contribution is 0.108. The van der Waals surface area contributed by atoms with Gasteiger partial charge in [-0.15, -0.1) is 0 Å². The predicted octanol–water partition coefficient (Wildman–Crippen LogP) is 5.82. The van der Waals surface area contributed by atoms with Gasteiger partial charge in [-0.3, -0.25) is 5.32 Å². The van der Waals surface area contributed by atoms with Crippen LogP contribution in [0.25, 0.3) is 22.2 Å². The Bertz CT molecular complexity index is 1220. The summed E-state index contributed by atoms with van der Waals surface area (Å²) in [5.41, 5.74) is 11.3. The third kappa shape index (κ3) is 4.82. The lowest BCUT2D eigenvalue weighted by atomic mass is 10.1. The zero-order chi connectivity index (χ0) is 23.9. The molecule has 2 saturated carbocycles. The van der Waals surface area contributed by atoms with Gasteiger partial charge in [-0.25, -0.2) is 4.79 Å². The normalized spacial score (nSPS) is 20.7. The van der Waals surface area contributed by atoms with Crippen LogP contribution in [-0.4, -0.2) is 36.1 Å². The second kappa shape index (κ2) is 9.11. The highest BCUT2D eigenvalue weighted by Gasteiger charge is 2.31. The number of nitrogen functional groups attached to an aromatic ring is 1. The number of amides is 1. The van der Waals surface area contributed by atoms with Crippen LogP contribution in [0.1, 0.15) is 39.0 Å². The molecule has 1 saturated heterocycles. The van der Waals surface area contributed by atoms with Crippen molar-refractivity contribution in [3.05, 3.63) is 42.5 Å². The average Bonchev–Trinajstić information content (AvgIpc) is 3.78. The molecule has 2 aromatic carbocycles. The largest absolute Gasteiger partial charge is 0.488 e. The molecule has 3 fully saturated rings. The van der Waals surface area contributed by atoms with Gasteiger partial charge in [0.25, 0.3) is 0 Å². The zero-order valence-corrected chi connectivity index (χ0v) is 20.2. The summed E-state index contributed by atoms with van der Waals surface area (Å²) < 4.78 is 19.5. The molecule has 7 heteroatoms. The molecule has 184 valence electrons. The van der Waals surface area contributed by atoms with E-state index in [4.69, 9.17) is 19.9 Å². The SMILES string of the molecule is CC(OC(=O)Nc1ccc(-c2c(N)c3ccc(OC4CCOC4)cc3n2CC2CC2)cc1)C1CC1. The molecule has 3 N–H and O–H groups in total. The summed E-state index contributed by atoms with van der Waals surface area (Å²) in [6.45, 7) is 4.29. The van der Waals surface area contributed by atoms with Crippen LogP contribution in [0.2, 0.25) is 0 Å². The Balaban J connectivity index is 1.27. The van der Waals surface area contributed by atoms with Crippen molar-refractivity contribution >= 4 is 28.4 Å². The Morgan fingerprint density at radius 3 is 2.63 bits per heavy atom. The quantitative estimate of drug-likeness (QED) is 0.429. The van der Waals surface area contributed by atoms with E-state index in [-0.39, 0.29) is 12.2 Å². The van der Waals surface area contributed by atoms with Gasteiger partial charge in [-0.1, -0.05) is 12.1 Å². The highest BCUT2D eigenvalue weighted by molar-refractivity contribution is 6.01. The first-order chi connectivity index (χ1) is 17.0. The van der Waals surface area contributed by atoms with Gasteiger partial charge in [0.15, 0.2) is 0 Å². The molecule has 0 spiro atoms. The molecule has 35 heavy (non-hydrogen) atoms. The monoisotopic (exact) mass is 475 g/mol. The third-order valence-electron chi connectivity index (χ3n) is 7.39. The number of hydrogen-bond acceptors (Lipinski definition) is 5. The smallest absolute Gasteiger partial charge is 0.411 e. The fourth-order valence-electron chi connectivity index (χ4n) is 4.98. The molecule has 2 heterocycles. The van der Waals surface area contributed by atoms with Gasteiger partial charge in [-0.2, -0.15) is 0 Å². The van der Waals surface area contributed by atoms with Crippen molar-refractivity contribution in [2.75, 3.05) is 24.3 Å². The number of anilines is 2. The van der Waals surface area contributed by atoms with Crippen LogP contribution in [0.15, 0.2) is 42.5 Å². The van der Waals surface area contributed by atoms with Crippen LogP contribution in [-0.2, 0) is 16.0 Å². The number of ether oxygens (including phenoxy) is 3. The topological polar surface area (TPSA) is 87.7 Å². The fraction of sp³-hybridized carbons (Fsp3) is 0.464. The first kappa shape index (κ1) is 22.3. The van der Waals surface area contributed by atoms with E-state index in [1.165, 1.54) is 12.8 Å². The number of benzene rings is 2. The van der Waals surface area contributed by atoms with Gasteiger partial charge in [0.05, 0.1) is 30.1 Å². The van der Waals surface area contributed by atoms with Crippen molar-refractivity contribution in [1.82, 2.24) is 4.57 Å². The maximum atomic E-state index is 12.2. The number of rotatable bonds is 8. The molecule has 7 nitrogen and oxygen atoms in total. The summed E-state index contributed by atoms with van der Waals surface area (Å²) in [5, 5.41) is 3.89. The zero-order valence-electron chi connectivity index (χ0n) is 20.2. The Labute approximate surface area is 205 Å². The van der Waals surface area contributed by atoms with Gasteiger partial charge in [0.1, 0.15) is 18.0 Å². The van der Waals surface area contributed by atoms with Crippen LogP contribution in [0, 0.1) is 11.8 Å². The van der Waals surface area contributed by atoms with Crippen molar-refractivity contribution < 1.29 is 19.0 Å². The van der Waals surface area contributed by atoms with E-state index in [0.717, 1.165) is 66.0 Å². The molecule has 1 aromatic heterocycles. The highest BCUT2D eigenvalue weighted by atomic mass is 16.6. The van der Waals surface area contributed by atoms with Crippen molar-refractivity contribution in [3.8, 4) is 17.0 Å². The molecule has 2 unspecified atom stereocenters. The summed E-state index contributed by atoms with van der Waals surface area (Å²) >= 11 is 0. The second-order valence-corrected chi connectivity index (χ2v) is 10.2. The molecule has 3 aromatic rings. The van der Waals surface area contributed by atoms with E-state index in [2.05, 4.69) is 22.0 Å². The standard InChI is InChI=1S/C28H33N3O4/c1-17(19-4-5-19)34-28(32)30-21-8-6-20(7-9-21)27-26(29)24-11-10-22(35-23-12-13-33-16-23)14-25(24)31(27)15-18-2-3-18/h6-11,14,17-19,23H,2-5,12-13,15-16,29H2,1H3,(H,30,32). The first-order valence-corrected chi connectivity index (χ1v) is 12.8. The summed E-state index contributed by atoms with van der Waals surface area (Å²) in [7, 11) is 0. The summed E-state index contributed by atoms with van der Waals surface area (Å²) in [4.78, 5) is 12.2. The van der Waals surface area contributed by atoms with Crippen LogP contribution >= 0.6 is 0 Å². The maximum absolute atomic E-state index is 12.2. The Kier molecular flexibility index (Phi) is 5.80. The number of carbonyl (C=O) groups excluding carboxylic acids is 1. The summed E-state index contributed by atoms with van der Waals surface area (Å²) in [6, 6.07) is 14.0. The number of nitrogens with zero attached hydrogens (tertiary/aromatic N) is 1. The number of aromatic nitrogens is 1.